The van der Waals surface area contributed by atoms with Crippen LogP contribution in [0, 0.1) is 25.2 Å². The van der Waals surface area contributed by atoms with Crippen molar-refractivity contribution in [3.8, 4) is 0 Å². The predicted molar refractivity (Wildman–Crippen MR) is 132 cm³/mol. The van der Waals surface area contributed by atoms with Crippen molar-refractivity contribution in [1.29, 1.82) is 0 Å². The molecule has 1 spiro atoms. The Labute approximate surface area is 209 Å². The second kappa shape index (κ2) is 9.26. The largest absolute Gasteiger partial charge is 0.456 e. The van der Waals surface area contributed by atoms with Crippen LogP contribution in [0.15, 0.2) is 23.6 Å². The van der Waals surface area contributed by atoms with E-state index in [1.165, 1.54) is 4.88 Å². The smallest absolute Gasteiger partial charge is 0.326 e. The number of ketones is 1. The van der Waals surface area contributed by atoms with Crippen molar-refractivity contribution in [3.05, 3.63) is 45.4 Å². The molecular weight excluding hydrogens is 466 g/mol. The lowest BCUT2D eigenvalue weighted by atomic mass is 9.64. The van der Waals surface area contributed by atoms with Crippen LogP contribution in [0.4, 0.5) is 4.79 Å². The fourth-order valence-electron chi connectivity index (χ4n) is 5.93. The van der Waals surface area contributed by atoms with Gasteiger partial charge in [-0.3, -0.25) is 19.3 Å². The molecule has 2 fully saturated rings. The van der Waals surface area contributed by atoms with E-state index in [0.29, 0.717) is 24.9 Å². The highest BCUT2D eigenvalue weighted by molar-refractivity contribution is 7.09. The van der Waals surface area contributed by atoms with Crippen LogP contribution in [0.3, 0.4) is 0 Å². The van der Waals surface area contributed by atoms with E-state index in [1.54, 1.807) is 17.4 Å². The minimum Gasteiger partial charge on any atom is -0.456 e. The van der Waals surface area contributed by atoms with Gasteiger partial charge in [0.2, 0.25) is 5.78 Å². The summed E-state index contributed by atoms with van der Waals surface area (Å²) in [6, 6.07) is 5.25. The van der Waals surface area contributed by atoms with Gasteiger partial charge in [-0.2, -0.15) is 0 Å². The molecule has 2 aromatic heterocycles. The van der Waals surface area contributed by atoms with Gasteiger partial charge in [-0.1, -0.05) is 26.8 Å². The molecule has 1 N–H and O–H groups in total. The minimum absolute atomic E-state index is 0.0978. The van der Waals surface area contributed by atoms with Crippen LogP contribution in [0.5, 0.6) is 0 Å². The molecule has 4 rings (SSSR count). The molecule has 1 aliphatic carbocycles. The SMILES string of the molecule is Cc1cc(C(=O)COC(=O)CN2C(=O)NC3(CC(C)CC(C)(C)C3)C2=O)c(C)n1Cc1cccs1. The average molecular weight is 500 g/mol. The van der Waals surface area contributed by atoms with E-state index in [2.05, 4.69) is 30.7 Å². The van der Waals surface area contributed by atoms with E-state index in [-0.39, 0.29) is 23.0 Å². The molecule has 1 saturated carbocycles. The number of esters is 1. The molecule has 35 heavy (non-hydrogen) atoms. The van der Waals surface area contributed by atoms with E-state index >= 15 is 0 Å². The van der Waals surface area contributed by atoms with Gasteiger partial charge in [0.15, 0.2) is 6.61 Å². The van der Waals surface area contributed by atoms with Crippen LogP contribution in [0.1, 0.15) is 66.7 Å². The molecule has 188 valence electrons. The molecule has 2 unspecified atom stereocenters. The first-order valence-electron chi connectivity index (χ1n) is 11.9. The lowest BCUT2D eigenvalue weighted by molar-refractivity contribution is -0.147. The molecule has 9 heteroatoms. The van der Waals surface area contributed by atoms with Gasteiger partial charge in [0, 0.05) is 21.8 Å². The molecule has 0 bridgehead atoms. The van der Waals surface area contributed by atoms with E-state index in [1.807, 2.05) is 31.4 Å². The van der Waals surface area contributed by atoms with Crippen molar-refractivity contribution in [2.75, 3.05) is 13.2 Å². The Morgan fingerprint density at radius 2 is 1.97 bits per heavy atom. The highest BCUT2D eigenvalue weighted by Crippen LogP contribution is 2.46. The maximum atomic E-state index is 13.2. The number of urea groups is 1. The summed E-state index contributed by atoms with van der Waals surface area (Å²) in [5.41, 5.74) is 1.18. The summed E-state index contributed by atoms with van der Waals surface area (Å²) in [4.78, 5) is 53.2. The quantitative estimate of drug-likeness (QED) is 0.352. The molecule has 2 atom stereocenters. The van der Waals surface area contributed by atoms with Crippen LogP contribution in [0.25, 0.3) is 0 Å². The first-order chi connectivity index (χ1) is 16.4. The van der Waals surface area contributed by atoms with Gasteiger partial charge in [-0.05, 0) is 62.0 Å². The number of aryl methyl sites for hydroxylation is 1. The maximum Gasteiger partial charge on any atom is 0.326 e. The van der Waals surface area contributed by atoms with Gasteiger partial charge >= 0.3 is 12.0 Å². The van der Waals surface area contributed by atoms with Gasteiger partial charge in [0.1, 0.15) is 12.1 Å². The number of ether oxygens (including phenoxy) is 1. The third-order valence-electron chi connectivity index (χ3n) is 7.04. The molecular formula is C26H33N3O5S. The van der Waals surface area contributed by atoms with Crippen LogP contribution in [-0.4, -0.2) is 51.8 Å². The predicted octanol–water partition coefficient (Wildman–Crippen LogP) is 4.08. The third kappa shape index (κ3) is 5.05. The highest BCUT2D eigenvalue weighted by atomic mass is 32.1. The molecule has 1 aliphatic heterocycles. The van der Waals surface area contributed by atoms with E-state index in [4.69, 9.17) is 4.74 Å². The number of carbonyl (C=O) groups is 4. The summed E-state index contributed by atoms with van der Waals surface area (Å²) in [6.07, 6.45) is 2.04. The van der Waals surface area contributed by atoms with Gasteiger partial charge in [-0.25, -0.2) is 4.79 Å². The number of hydrogen-bond acceptors (Lipinski definition) is 6. The second-order valence-corrected chi connectivity index (χ2v) is 11.8. The Morgan fingerprint density at radius 1 is 1.23 bits per heavy atom. The molecule has 0 aromatic carbocycles. The van der Waals surface area contributed by atoms with Crippen molar-refractivity contribution in [1.82, 2.24) is 14.8 Å². The molecule has 3 heterocycles. The molecule has 2 aromatic rings. The van der Waals surface area contributed by atoms with Gasteiger partial charge in [0.25, 0.3) is 5.91 Å². The van der Waals surface area contributed by atoms with Crippen molar-refractivity contribution in [2.24, 2.45) is 11.3 Å². The van der Waals surface area contributed by atoms with Crippen LogP contribution < -0.4 is 5.32 Å². The van der Waals surface area contributed by atoms with Gasteiger partial charge < -0.3 is 14.6 Å². The molecule has 3 amide bonds. The summed E-state index contributed by atoms with van der Waals surface area (Å²) in [5.74, 6) is -1.22. The van der Waals surface area contributed by atoms with Crippen molar-refractivity contribution < 1.29 is 23.9 Å². The fraction of sp³-hybridized carbons (Fsp3) is 0.538. The van der Waals surface area contributed by atoms with E-state index in [9.17, 15) is 19.2 Å². The Bertz CT molecular complexity index is 1170. The monoisotopic (exact) mass is 499 g/mol. The number of carbonyl (C=O) groups excluding carboxylic acids is 4. The van der Waals surface area contributed by atoms with Gasteiger partial charge in [-0.15, -0.1) is 11.3 Å². The van der Waals surface area contributed by atoms with E-state index in [0.717, 1.165) is 22.7 Å². The zero-order valence-electron chi connectivity index (χ0n) is 21.0. The molecule has 8 nitrogen and oxygen atoms in total. The maximum absolute atomic E-state index is 13.2. The molecule has 2 aliphatic rings. The number of nitrogens with one attached hydrogen (secondary N) is 1. The fourth-order valence-corrected chi connectivity index (χ4v) is 6.63. The van der Waals surface area contributed by atoms with Crippen molar-refractivity contribution >= 4 is 35.0 Å². The first kappa shape index (κ1) is 25.2. The van der Waals surface area contributed by atoms with Crippen LogP contribution in [-0.2, 0) is 20.9 Å². The van der Waals surface area contributed by atoms with Crippen molar-refractivity contribution in [3.63, 3.8) is 0 Å². The number of Topliss-reactive ketones (excluding diaryl/α,β-unsaturated/α-hetero) is 1. The number of aromatic nitrogens is 1. The summed E-state index contributed by atoms with van der Waals surface area (Å²) < 4.78 is 7.25. The summed E-state index contributed by atoms with van der Waals surface area (Å²) >= 11 is 1.65. The number of rotatable bonds is 7. The minimum atomic E-state index is -0.978. The van der Waals surface area contributed by atoms with Crippen LogP contribution in [0.2, 0.25) is 0 Å². The number of thiophene rings is 1. The molecule has 1 saturated heterocycles. The van der Waals surface area contributed by atoms with Crippen LogP contribution >= 0.6 is 11.3 Å². The van der Waals surface area contributed by atoms with Gasteiger partial charge in [0.05, 0.1) is 6.54 Å². The second-order valence-electron chi connectivity index (χ2n) is 10.8. The normalized spacial score (nSPS) is 23.6. The lowest BCUT2D eigenvalue weighted by Crippen LogP contribution is -2.54. The summed E-state index contributed by atoms with van der Waals surface area (Å²) in [7, 11) is 0. The Hall–Kier alpha value is -2.94. The summed E-state index contributed by atoms with van der Waals surface area (Å²) in [5, 5.41) is 4.86. The molecule has 0 radical (unpaired) electrons. The topological polar surface area (TPSA) is 97.7 Å². The number of amides is 3. The first-order valence-corrected chi connectivity index (χ1v) is 12.8. The average Bonchev–Trinajstić information content (AvgIpc) is 3.42. The summed E-state index contributed by atoms with van der Waals surface area (Å²) in [6.45, 7) is 9.77. The standard InChI is InChI=1S/C26H33N3O5S/c1-16-10-25(4,5)15-26(11-16)23(32)29(24(33)27-26)13-22(31)34-14-21(30)20-9-17(2)28(18(20)3)12-19-7-6-8-35-19/h6-9,16H,10-15H2,1-5H3,(H,27,33). The zero-order valence-corrected chi connectivity index (χ0v) is 21.8. The Balaban J connectivity index is 1.37. The number of hydrogen-bond donors (Lipinski definition) is 1. The van der Waals surface area contributed by atoms with E-state index < -0.39 is 30.7 Å². The third-order valence-corrected chi connectivity index (χ3v) is 7.90. The number of nitrogens with zero attached hydrogens (tertiary/aromatic N) is 2. The Morgan fingerprint density at radius 3 is 2.63 bits per heavy atom. The Kier molecular flexibility index (Phi) is 6.66. The van der Waals surface area contributed by atoms with Crippen molar-refractivity contribution in [2.45, 2.75) is 66.0 Å². The highest BCUT2D eigenvalue weighted by Gasteiger charge is 2.56. The zero-order chi connectivity index (χ0) is 25.5. The number of imide groups is 1. The lowest BCUT2D eigenvalue weighted by Gasteiger charge is -2.43.